The van der Waals surface area contributed by atoms with Crippen molar-refractivity contribution < 1.29 is 9.53 Å². The second kappa shape index (κ2) is 7.21. The SMILES string of the molecule is Cc1nccc([C@@H]2CN(C(=O)CCn3cnc4ccccc43)CCO2)n1. The summed E-state index contributed by atoms with van der Waals surface area (Å²) >= 11 is 0. The molecule has 1 atom stereocenters. The lowest BCUT2D eigenvalue weighted by molar-refractivity contribution is -0.139. The second-order valence-corrected chi connectivity index (χ2v) is 6.40. The lowest BCUT2D eigenvalue weighted by Gasteiger charge is -2.32. The lowest BCUT2D eigenvalue weighted by atomic mass is 10.2. The van der Waals surface area contributed by atoms with Gasteiger partial charge in [-0.05, 0) is 25.1 Å². The van der Waals surface area contributed by atoms with Crippen LogP contribution in [0.25, 0.3) is 11.0 Å². The maximum absolute atomic E-state index is 12.7. The van der Waals surface area contributed by atoms with Crippen molar-refractivity contribution in [3.63, 3.8) is 0 Å². The minimum atomic E-state index is -0.191. The summed E-state index contributed by atoms with van der Waals surface area (Å²) in [7, 11) is 0. The van der Waals surface area contributed by atoms with Crippen LogP contribution in [0.2, 0.25) is 0 Å². The smallest absolute Gasteiger partial charge is 0.224 e. The van der Waals surface area contributed by atoms with Gasteiger partial charge in [0, 0.05) is 25.7 Å². The van der Waals surface area contributed by atoms with E-state index < -0.39 is 0 Å². The molecule has 0 bridgehead atoms. The molecule has 26 heavy (non-hydrogen) atoms. The van der Waals surface area contributed by atoms with Crippen molar-refractivity contribution in [2.45, 2.75) is 26.0 Å². The summed E-state index contributed by atoms with van der Waals surface area (Å²) in [4.78, 5) is 27.5. The average molecular weight is 351 g/mol. The molecule has 1 saturated heterocycles. The molecular formula is C19H21N5O2. The van der Waals surface area contributed by atoms with Crippen LogP contribution in [0.15, 0.2) is 42.9 Å². The Balaban J connectivity index is 1.40. The highest BCUT2D eigenvalue weighted by atomic mass is 16.5. The molecule has 4 rings (SSSR count). The normalized spacial score (nSPS) is 17.6. The molecule has 1 fully saturated rings. The topological polar surface area (TPSA) is 73.1 Å². The number of ether oxygens (including phenoxy) is 1. The van der Waals surface area contributed by atoms with E-state index in [-0.39, 0.29) is 12.0 Å². The zero-order valence-corrected chi connectivity index (χ0v) is 14.7. The molecule has 0 saturated carbocycles. The molecule has 3 heterocycles. The van der Waals surface area contributed by atoms with Crippen LogP contribution in [0.1, 0.15) is 24.0 Å². The van der Waals surface area contributed by atoms with Gasteiger partial charge in [0.15, 0.2) is 0 Å². The van der Waals surface area contributed by atoms with Gasteiger partial charge in [-0.3, -0.25) is 4.79 Å². The Morgan fingerprint density at radius 3 is 3.04 bits per heavy atom. The molecule has 7 nitrogen and oxygen atoms in total. The van der Waals surface area contributed by atoms with Gasteiger partial charge in [-0.2, -0.15) is 0 Å². The van der Waals surface area contributed by atoms with Crippen molar-refractivity contribution >= 4 is 16.9 Å². The number of aryl methyl sites for hydroxylation is 2. The summed E-state index contributed by atoms with van der Waals surface area (Å²) < 4.78 is 7.83. The highest BCUT2D eigenvalue weighted by Gasteiger charge is 2.26. The number of benzene rings is 1. The molecule has 2 aromatic heterocycles. The van der Waals surface area contributed by atoms with Crippen LogP contribution in [0.5, 0.6) is 0 Å². The highest BCUT2D eigenvalue weighted by Crippen LogP contribution is 2.21. The standard InChI is InChI=1S/C19H21N5O2/c1-14-20-8-6-16(22-14)18-12-23(10-11-26-18)19(25)7-9-24-13-21-15-4-2-3-5-17(15)24/h2-6,8,13,18H,7,9-12H2,1H3/t18-/m0/s1. The third-order valence-corrected chi connectivity index (χ3v) is 4.64. The molecule has 0 radical (unpaired) electrons. The van der Waals surface area contributed by atoms with Crippen molar-refractivity contribution in [1.82, 2.24) is 24.4 Å². The summed E-state index contributed by atoms with van der Waals surface area (Å²) in [5.74, 6) is 0.836. The van der Waals surface area contributed by atoms with Crippen molar-refractivity contribution in [3.05, 3.63) is 54.4 Å². The predicted octanol–water partition coefficient (Wildman–Crippen LogP) is 2.12. The number of hydrogen-bond acceptors (Lipinski definition) is 5. The summed E-state index contributed by atoms with van der Waals surface area (Å²) in [6, 6.07) is 9.80. The summed E-state index contributed by atoms with van der Waals surface area (Å²) in [6.45, 7) is 4.14. The van der Waals surface area contributed by atoms with Crippen molar-refractivity contribution in [2.24, 2.45) is 0 Å². The largest absolute Gasteiger partial charge is 0.368 e. The number of aromatic nitrogens is 4. The Bertz CT molecular complexity index is 923. The molecular weight excluding hydrogens is 330 g/mol. The van der Waals surface area contributed by atoms with Crippen LogP contribution >= 0.6 is 0 Å². The number of hydrogen-bond donors (Lipinski definition) is 0. The van der Waals surface area contributed by atoms with Crippen LogP contribution in [-0.2, 0) is 16.1 Å². The Morgan fingerprint density at radius 1 is 1.27 bits per heavy atom. The molecule has 1 aliphatic heterocycles. The van der Waals surface area contributed by atoms with Crippen LogP contribution in [-0.4, -0.2) is 50.0 Å². The molecule has 7 heteroatoms. The Labute approximate surface area is 151 Å². The van der Waals surface area contributed by atoms with Crippen LogP contribution < -0.4 is 0 Å². The number of morpholine rings is 1. The summed E-state index contributed by atoms with van der Waals surface area (Å²) in [5, 5.41) is 0. The zero-order chi connectivity index (χ0) is 17.9. The number of amides is 1. The minimum Gasteiger partial charge on any atom is -0.368 e. The number of para-hydroxylation sites is 2. The molecule has 0 aliphatic carbocycles. The number of imidazole rings is 1. The molecule has 134 valence electrons. The first kappa shape index (κ1) is 16.7. The quantitative estimate of drug-likeness (QED) is 0.720. The van der Waals surface area contributed by atoms with Gasteiger partial charge >= 0.3 is 0 Å². The monoisotopic (exact) mass is 351 g/mol. The first-order chi connectivity index (χ1) is 12.7. The fraction of sp³-hybridized carbons (Fsp3) is 0.368. The number of nitrogens with zero attached hydrogens (tertiary/aromatic N) is 5. The lowest BCUT2D eigenvalue weighted by Crippen LogP contribution is -2.42. The van der Waals surface area contributed by atoms with E-state index in [1.165, 1.54) is 0 Å². The maximum atomic E-state index is 12.7. The van der Waals surface area contributed by atoms with Crippen LogP contribution in [0, 0.1) is 6.92 Å². The zero-order valence-electron chi connectivity index (χ0n) is 14.7. The average Bonchev–Trinajstić information content (AvgIpc) is 3.09. The fourth-order valence-electron chi connectivity index (χ4n) is 3.27. The number of rotatable bonds is 4. The first-order valence-electron chi connectivity index (χ1n) is 8.79. The summed E-state index contributed by atoms with van der Waals surface area (Å²) in [6.07, 6.45) is 3.77. The Morgan fingerprint density at radius 2 is 2.15 bits per heavy atom. The number of carbonyl (C=O) groups excluding carboxylic acids is 1. The van der Waals surface area contributed by atoms with Gasteiger partial charge in [0.25, 0.3) is 0 Å². The number of carbonyl (C=O) groups is 1. The van der Waals surface area contributed by atoms with Gasteiger partial charge in [0.05, 0.1) is 36.2 Å². The fourth-order valence-corrected chi connectivity index (χ4v) is 3.27. The van der Waals surface area contributed by atoms with E-state index in [4.69, 9.17) is 4.74 Å². The molecule has 0 N–H and O–H groups in total. The third kappa shape index (κ3) is 3.43. The second-order valence-electron chi connectivity index (χ2n) is 6.40. The van der Waals surface area contributed by atoms with E-state index in [1.54, 1.807) is 12.5 Å². The molecule has 1 aromatic carbocycles. The van der Waals surface area contributed by atoms with Crippen molar-refractivity contribution in [3.8, 4) is 0 Å². The van der Waals surface area contributed by atoms with E-state index in [0.717, 1.165) is 16.7 Å². The molecule has 1 amide bonds. The van der Waals surface area contributed by atoms with E-state index in [1.807, 2.05) is 46.7 Å². The minimum absolute atomic E-state index is 0.127. The predicted molar refractivity (Wildman–Crippen MR) is 96.4 cm³/mol. The Kier molecular flexibility index (Phi) is 4.62. The van der Waals surface area contributed by atoms with Gasteiger partial charge in [0.1, 0.15) is 11.9 Å². The highest BCUT2D eigenvalue weighted by molar-refractivity contribution is 5.77. The molecule has 0 spiro atoms. The van der Waals surface area contributed by atoms with Gasteiger partial charge in [-0.25, -0.2) is 15.0 Å². The van der Waals surface area contributed by atoms with Crippen LogP contribution in [0.3, 0.4) is 0 Å². The number of fused-ring (bicyclic) bond motifs is 1. The summed E-state index contributed by atoms with van der Waals surface area (Å²) in [5.41, 5.74) is 2.83. The third-order valence-electron chi connectivity index (χ3n) is 4.64. The molecule has 3 aromatic rings. The van der Waals surface area contributed by atoms with Crippen molar-refractivity contribution in [2.75, 3.05) is 19.7 Å². The van der Waals surface area contributed by atoms with Crippen molar-refractivity contribution in [1.29, 1.82) is 0 Å². The molecule has 1 aliphatic rings. The van der Waals surface area contributed by atoms with E-state index in [9.17, 15) is 4.79 Å². The first-order valence-corrected chi connectivity index (χ1v) is 8.79. The van der Waals surface area contributed by atoms with E-state index >= 15 is 0 Å². The van der Waals surface area contributed by atoms with E-state index in [2.05, 4.69) is 15.0 Å². The Hall–Kier alpha value is -2.80. The van der Waals surface area contributed by atoms with Gasteiger partial charge < -0.3 is 14.2 Å². The maximum Gasteiger partial charge on any atom is 0.224 e. The van der Waals surface area contributed by atoms with Gasteiger partial charge in [-0.1, -0.05) is 12.1 Å². The van der Waals surface area contributed by atoms with E-state index in [0.29, 0.717) is 38.5 Å². The van der Waals surface area contributed by atoms with Gasteiger partial charge in [0.2, 0.25) is 5.91 Å². The van der Waals surface area contributed by atoms with Gasteiger partial charge in [-0.15, -0.1) is 0 Å². The van der Waals surface area contributed by atoms with Crippen LogP contribution in [0.4, 0.5) is 0 Å². The molecule has 0 unspecified atom stereocenters.